The number of fused-ring (bicyclic) bond motifs is 5. The lowest BCUT2D eigenvalue weighted by Gasteiger charge is -2.45. The number of ether oxygens (including phenoxy) is 1. The number of thioether (sulfide) groups is 1. The van der Waals surface area contributed by atoms with Crippen molar-refractivity contribution in [2.45, 2.75) is 81.8 Å². The molecule has 0 spiro atoms. The van der Waals surface area contributed by atoms with Crippen molar-refractivity contribution >= 4 is 29.3 Å². The standard InChI is InChI=1S/C29H33F8N3O3S/c1-25-16-39(11-5-3-4-6-12-44-13-7-10-27(30,31)29(35,36)37)17-26(2,43-25)22-21(25)23(41)40(24(22)42)19-9-8-18(15-38)20(14-19)28(32,33)34/h8-9,14,21-22H,3-7,10-13,16-17H2,1-2H3/t21-,22?,25?,26?/m0/s1. The molecule has 4 atom stereocenters. The average molecular weight is 656 g/mol. The quantitative estimate of drug-likeness (QED) is 0.140. The number of imide groups is 1. The molecule has 3 heterocycles. The third-order valence-corrected chi connectivity index (χ3v) is 9.71. The summed E-state index contributed by atoms with van der Waals surface area (Å²) >= 11 is 1.35. The van der Waals surface area contributed by atoms with Crippen molar-refractivity contribution in [3.63, 3.8) is 0 Å². The maximum atomic E-state index is 13.6. The van der Waals surface area contributed by atoms with Crippen molar-refractivity contribution in [2.75, 3.05) is 36.0 Å². The lowest BCUT2D eigenvalue weighted by molar-refractivity contribution is -0.284. The normalized spacial score (nSPS) is 27.6. The summed E-state index contributed by atoms with van der Waals surface area (Å²) in [6.45, 7) is 4.81. The first-order chi connectivity index (χ1) is 20.3. The number of morpholine rings is 1. The van der Waals surface area contributed by atoms with E-state index in [0.29, 0.717) is 31.5 Å². The van der Waals surface area contributed by atoms with Crippen molar-refractivity contribution in [1.82, 2.24) is 4.90 Å². The summed E-state index contributed by atoms with van der Waals surface area (Å²) in [6, 6.07) is 4.27. The molecule has 4 rings (SSSR count). The van der Waals surface area contributed by atoms with Gasteiger partial charge in [0.05, 0.1) is 45.9 Å². The number of nitrogens with zero attached hydrogens (tertiary/aromatic N) is 3. The molecule has 15 heteroatoms. The molecule has 3 fully saturated rings. The molecule has 6 nitrogen and oxygen atoms in total. The number of carbonyl (C=O) groups excluding carboxylic acids is 2. The minimum atomic E-state index is -5.52. The Morgan fingerprint density at radius 2 is 1.48 bits per heavy atom. The molecule has 2 bridgehead atoms. The van der Waals surface area contributed by atoms with E-state index in [-0.39, 0.29) is 17.9 Å². The fourth-order valence-electron chi connectivity index (χ4n) is 6.71. The summed E-state index contributed by atoms with van der Waals surface area (Å²) in [5.41, 5.74) is -4.16. The van der Waals surface area contributed by atoms with Crippen molar-refractivity contribution in [3.8, 4) is 6.07 Å². The second-order valence-corrected chi connectivity index (χ2v) is 13.3. The van der Waals surface area contributed by atoms with E-state index in [9.17, 15) is 44.7 Å². The van der Waals surface area contributed by atoms with Gasteiger partial charge in [-0.2, -0.15) is 52.1 Å². The molecule has 3 aliphatic rings. The third-order valence-electron chi connectivity index (χ3n) is 8.56. The highest BCUT2D eigenvalue weighted by Gasteiger charge is 2.71. The Balaban J connectivity index is 1.27. The van der Waals surface area contributed by atoms with Gasteiger partial charge in [-0.3, -0.25) is 14.5 Å². The number of likely N-dealkylation sites (tertiary alicyclic amines) is 1. The number of nitriles is 1. The van der Waals surface area contributed by atoms with E-state index in [0.717, 1.165) is 36.6 Å². The summed E-state index contributed by atoms with van der Waals surface area (Å²) in [5.74, 6) is -6.82. The first-order valence-electron chi connectivity index (χ1n) is 14.3. The maximum Gasteiger partial charge on any atom is 0.453 e. The molecular formula is C29H33F8N3O3S. The molecule has 244 valence electrons. The Bertz CT molecular complexity index is 1260. The van der Waals surface area contributed by atoms with E-state index in [1.165, 1.54) is 23.9 Å². The lowest BCUT2D eigenvalue weighted by atomic mass is 9.79. The topological polar surface area (TPSA) is 73.6 Å². The van der Waals surface area contributed by atoms with Crippen LogP contribution in [-0.4, -0.2) is 71.2 Å². The van der Waals surface area contributed by atoms with Gasteiger partial charge in [0.2, 0.25) is 11.8 Å². The highest BCUT2D eigenvalue weighted by molar-refractivity contribution is 7.99. The first kappa shape index (κ1) is 34.4. The van der Waals surface area contributed by atoms with Gasteiger partial charge in [-0.05, 0) is 69.4 Å². The second-order valence-electron chi connectivity index (χ2n) is 12.1. The van der Waals surface area contributed by atoms with E-state index in [1.54, 1.807) is 13.8 Å². The van der Waals surface area contributed by atoms with Crippen LogP contribution in [0.5, 0.6) is 0 Å². The highest BCUT2D eigenvalue weighted by Crippen LogP contribution is 2.55. The van der Waals surface area contributed by atoms with Gasteiger partial charge in [-0.15, -0.1) is 0 Å². The van der Waals surface area contributed by atoms with Gasteiger partial charge in [0.1, 0.15) is 0 Å². The van der Waals surface area contributed by atoms with Crippen LogP contribution in [0.15, 0.2) is 18.2 Å². The first-order valence-corrected chi connectivity index (χ1v) is 15.4. The fraction of sp³-hybridized carbons (Fsp3) is 0.690. The van der Waals surface area contributed by atoms with E-state index >= 15 is 0 Å². The summed E-state index contributed by atoms with van der Waals surface area (Å²) in [4.78, 5) is 30.1. The van der Waals surface area contributed by atoms with Gasteiger partial charge < -0.3 is 4.74 Å². The Labute approximate surface area is 254 Å². The van der Waals surface area contributed by atoms with Gasteiger partial charge >= 0.3 is 18.3 Å². The largest absolute Gasteiger partial charge is 0.453 e. The van der Waals surface area contributed by atoms with E-state index in [2.05, 4.69) is 4.90 Å². The van der Waals surface area contributed by atoms with Crippen LogP contribution in [0.25, 0.3) is 0 Å². The highest BCUT2D eigenvalue weighted by atomic mass is 32.2. The SMILES string of the molecule is CC12CN(CCCCCCSCCCC(F)(F)C(F)(F)F)CC(C)(O1)[C@@H]1C(=O)N(c3ccc(C#N)c(C(F)(F)F)c3)C(=O)C12. The molecular weight excluding hydrogens is 622 g/mol. The van der Waals surface area contributed by atoms with Crippen LogP contribution in [-0.2, 0) is 20.5 Å². The van der Waals surface area contributed by atoms with Crippen LogP contribution in [0.2, 0.25) is 0 Å². The van der Waals surface area contributed by atoms with Gasteiger partial charge in [0.15, 0.2) is 0 Å². The molecule has 0 aromatic heterocycles. The predicted molar refractivity (Wildman–Crippen MR) is 146 cm³/mol. The number of amides is 2. The molecule has 3 unspecified atom stereocenters. The van der Waals surface area contributed by atoms with Crippen LogP contribution >= 0.6 is 11.8 Å². The molecule has 2 amide bonds. The molecule has 0 N–H and O–H groups in total. The minimum absolute atomic E-state index is 0.224. The molecule has 3 saturated heterocycles. The number of hydrogen-bond donors (Lipinski definition) is 0. The molecule has 0 saturated carbocycles. The average Bonchev–Trinajstić information content (AvgIpc) is 3.28. The van der Waals surface area contributed by atoms with Gasteiger partial charge in [-0.1, -0.05) is 12.8 Å². The Hall–Kier alpha value is -2.44. The van der Waals surface area contributed by atoms with Crippen molar-refractivity contribution in [1.29, 1.82) is 5.26 Å². The third kappa shape index (κ3) is 6.72. The second kappa shape index (κ2) is 12.4. The Morgan fingerprint density at radius 3 is 2.02 bits per heavy atom. The van der Waals surface area contributed by atoms with E-state index < -0.39 is 70.7 Å². The zero-order chi connectivity index (χ0) is 32.7. The van der Waals surface area contributed by atoms with E-state index in [4.69, 9.17) is 10.00 Å². The fourth-order valence-corrected chi connectivity index (χ4v) is 7.67. The van der Waals surface area contributed by atoms with Crippen LogP contribution in [0.3, 0.4) is 0 Å². The number of anilines is 1. The van der Waals surface area contributed by atoms with Crippen molar-refractivity contribution < 1.29 is 49.4 Å². The maximum absolute atomic E-state index is 13.6. The molecule has 1 aromatic carbocycles. The van der Waals surface area contributed by atoms with Crippen LogP contribution < -0.4 is 4.90 Å². The number of halogens is 8. The predicted octanol–water partition coefficient (Wildman–Crippen LogP) is 6.82. The minimum Gasteiger partial charge on any atom is -0.365 e. The smallest absolute Gasteiger partial charge is 0.365 e. The van der Waals surface area contributed by atoms with Gasteiger partial charge in [-0.25, -0.2) is 4.90 Å². The van der Waals surface area contributed by atoms with E-state index in [1.807, 2.05) is 0 Å². The molecule has 44 heavy (non-hydrogen) atoms. The zero-order valence-electron chi connectivity index (χ0n) is 24.2. The lowest BCUT2D eigenvalue weighted by Crippen LogP contribution is -2.58. The van der Waals surface area contributed by atoms with Crippen molar-refractivity contribution in [2.24, 2.45) is 11.8 Å². The van der Waals surface area contributed by atoms with Crippen LogP contribution in [0, 0.1) is 23.2 Å². The number of rotatable bonds is 12. The number of benzene rings is 1. The molecule has 3 aliphatic heterocycles. The van der Waals surface area contributed by atoms with Crippen LogP contribution in [0.1, 0.15) is 63.5 Å². The molecule has 0 radical (unpaired) electrons. The molecule has 1 aromatic rings. The summed E-state index contributed by atoms with van der Waals surface area (Å²) in [7, 11) is 0. The Morgan fingerprint density at radius 1 is 0.909 bits per heavy atom. The van der Waals surface area contributed by atoms with Gasteiger partial charge in [0, 0.05) is 19.5 Å². The Kier molecular flexibility index (Phi) is 9.70. The number of unbranched alkanes of at least 4 members (excludes halogenated alkanes) is 3. The summed E-state index contributed by atoms with van der Waals surface area (Å²) in [6.07, 6.45) is -8.54. The number of carbonyl (C=O) groups is 2. The van der Waals surface area contributed by atoms with Crippen molar-refractivity contribution in [3.05, 3.63) is 29.3 Å². The van der Waals surface area contributed by atoms with Crippen LogP contribution in [0.4, 0.5) is 40.8 Å². The summed E-state index contributed by atoms with van der Waals surface area (Å²) < 4.78 is 109. The number of alkyl halides is 8. The molecule has 0 aliphatic carbocycles. The summed E-state index contributed by atoms with van der Waals surface area (Å²) in [5, 5.41) is 9.09. The monoisotopic (exact) mass is 655 g/mol. The zero-order valence-corrected chi connectivity index (χ0v) is 25.0. The van der Waals surface area contributed by atoms with Gasteiger partial charge in [0.25, 0.3) is 0 Å². The number of hydrogen-bond acceptors (Lipinski definition) is 6.